The Bertz CT molecular complexity index is 1090. The van der Waals surface area contributed by atoms with Crippen LogP contribution in [0.15, 0.2) is 47.3 Å². The number of amides is 1. The molecule has 3 rings (SSSR count). The highest BCUT2D eigenvalue weighted by Crippen LogP contribution is 2.21. The van der Waals surface area contributed by atoms with Crippen molar-refractivity contribution in [1.82, 2.24) is 9.66 Å². The maximum Gasteiger partial charge on any atom is 0.396 e. The quantitative estimate of drug-likeness (QED) is 0.689. The van der Waals surface area contributed by atoms with Crippen LogP contribution in [0.3, 0.4) is 0 Å². The monoisotopic (exact) mass is 397 g/mol. The minimum atomic E-state index is -4.72. The number of alkyl halides is 3. The lowest BCUT2D eigenvalue weighted by Crippen LogP contribution is -2.38. The normalized spacial score (nSPS) is 11.6. The first-order valence-electron chi connectivity index (χ1n) is 7.94. The molecule has 0 atom stereocenters. The number of halogens is 5. The van der Waals surface area contributed by atoms with Gasteiger partial charge >= 0.3 is 6.18 Å². The Morgan fingerprint density at radius 3 is 2.32 bits per heavy atom. The SMILES string of the molecule is O=C(Cc1ccc(F)cc1)Nn1c(CC(F)(F)F)nc2cc(F)ccc2c1=O. The highest BCUT2D eigenvalue weighted by molar-refractivity contribution is 5.86. The van der Waals surface area contributed by atoms with E-state index in [2.05, 4.69) is 10.4 Å². The molecule has 0 saturated heterocycles. The molecule has 1 N–H and O–H groups in total. The van der Waals surface area contributed by atoms with Crippen molar-refractivity contribution in [1.29, 1.82) is 0 Å². The number of nitrogens with zero attached hydrogens (tertiary/aromatic N) is 2. The Balaban J connectivity index is 1.99. The Labute approximate surface area is 154 Å². The Kier molecular flexibility index (Phi) is 5.12. The minimum Gasteiger partial charge on any atom is -0.273 e. The summed E-state index contributed by atoms with van der Waals surface area (Å²) in [4.78, 5) is 28.4. The van der Waals surface area contributed by atoms with Crippen LogP contribution >= 0.6 is 0 Å². The summed E-state index contributed by atoms with van der Waals surface area (Å²) >= 11 is 0. The zero-order valence-corrected chi connectivity index (χ0v) is 14.1. The minimum absolute atomic E-state index is 0.158. The standard InChI is InChI=1S/C18H12F5N3O2/c19-11-3-1-10(2-4-11)7-16(27)25-26-15(9-18(21,22)23)24-14-8-12(20)5-6-13(14)17(26)28/h1-6,8H,7,9H2,(H,25,27). The van der Waals surface area contributed by atoms with Gasteiger partial charge in [-0.05, 0) is 29.8 Å². The van der Waals surface area contributed by atoms with Crippen molar-refractivity contribution in [2.45, 2.75) is 19.0 Å². The second-order valence-electron chi connectivity index (χ2n) is 5.96. The summed E-state index contributed by atoms with van der Waals surface area (Å²) in [6.07, 6.45) is -6.63. The second kappa shape index (κ2) is 7.37. The summed E-state index contributed by atoms with van der Waals surface area (Å²) in [6, 6.07) is 7.76. The lowest BCUT2D eigenvalue weighted by Gasteiger charge is -2.15. The van der Waals surface area contributed by atoms with E-state index in [9.17, 15) is 31.5 Å². The predicted molar refractivity (Wildman–Crippen MR) is 90.2 cm³/mol. The Morgan fingerprint density at radius 2 is 1.68 bits per heavy atom. The van der Waals surface area contributed by atoms with Crippen LogP contribution in [-0.2, 0) is 17.6 Å². The molecule has 10 heteroatoms. The van der Waals surface area contributed by atoms with E-state index in [1.54, 1.807) is 0 Å². The molecule has 0 spiro atoms. The number of hydrogen-bond acceptors (Lipinski definition) is 3. The van der Waals surface area contributed by atoms with Crippen LogP contribution in [0.2, 0.25) is 0 Å². The van der Waals surface area contributed by atoms with Crippen LogP contribution in [0.25, 0.3) is 10.9 Å². The van der Waals surface area contributed by atoms with E-state index in [1.165, 1.54) is 12.1 Å². The number of aromatic nitrogens is 2. The zero-order valence-electron chi connectivity index (χ0n) is 14.1. The van der Waals surface area contributed by atoms with Crippen LogP contribution < -0.4 is 11.0 Å². The van der Waals surface area contributed by atoms with Crippen LogP contribution in [0.4, 0.5) is 22.0 Å². The molecule has 28 heavy (non-hydrogen) atoms. The van der Waals surface area contributed by atoms with Crippen molar-refractivity contribution in [3.63, 3.8) is 0 Å². The number of benzene rings is 2. The molecule has 1 aromatic heterocycles. The molecule has 0 unspecified atom stereocenters. The van der Waals surface area contributed by atoms with Crippen molar-refractivity contribution in [3.8, 4) is 0 Å². The van der Waals surface area contributed by atoms with Gasteiger partial charge in [0, 0.05) is 6.07 Å². The summed E-state index contributed by atoms with van der Waals surface area (Å²) in [5.74, 6) is -2.88. The third-order valence-corrected chi connectivity index (χ3v) is 3.77. The molecule has 5 nitrogen and oxygen atoms in total. The van der Waals surface area contributed by atoms with Crippen molar-refractivity contribution >= 4 is 16.8 Å². The smallest absolute Gasteiger partial charge is 0.273 e. The van der Waals surface area contributed by atoms with Crippen molar-refractivity contribution in [2.24, 2.45) is 0 Å². The first kappa shape index (κ1) is 19.5. The van der Waals surface area contributed by atoms with E-state index in [1.807, 2.05) is 0 Å². The molecular formula is C18H12F5N3O2. The molecule has 0 bridgehead atoms. The fourth-order valence-electron chi connectivity index (χ4n) is 2.57. The van der Waals surface area contributed by atoms with E-state index >= 15 is 0 Å². The summed E-state index contributed by atoms with van der Waals surface area (Å²) in [5.41, 5.74) is 1.24. The first-order valence-corrected chi connectivity index (χ1v) is 7.94. The predicted octanol–water partition coefficient (Wildman–Crippen LogP) is 3.09. The summed E-state index contributed by atoms with van der Waals surface area (Å²) < 4.78 is 65.3. The highest BCUT2D eigenvalue weighted by Gasteiger charge is 2.31. The number of carbonyl (C=O) groups excluding carboxylic acids is 1. The van der Waals surface area contributed by atoms with E-state index in [0.717, 1.165) is 30.3 Å². The van der Waals surface area contributed by atoms with Gasteiger partial charge in [-0.25, -0.2) is 18.4 Å². The number of hydrogen-bond donors (Lipinski definition) is 1. The third kappa shape index (κ3) is 4.51. The Morgan fingerprint density at radius 1 is 1.04 bits per heavy atom. The average Bonchev–Trinajstić information content (AvgIpc) is 2.59. The maximum atomic E-state index is 13.4. The van der Waals surface area contributed by atoms with E-state index in [-0.39, 0.29) is 17.3 Å². The highest BCUT2D eigenvalue weighted by atomic mass is 19.4. The molecule has 0 fully saturated rings. The number of nitrogens with one attached hydrogen (secondary N) is 1. The molecule has 2 aromatic carbocycles. The van der Waals surface area contributed by atoms with E-state index in [4.69, 9.17) is 0 Å². The summed E-state index contributed by atoms with van der Waals surface area (Å²) in [6.45, 7) is 0. The van der Waals surface area contributed by atoms with Gasteiger partial charge in [0.25, 0.3) is 5.56 Å². The average molecular weight is 397 g/mol. The molecule has 0 saturated carbocycles. The van der Waals surface area contributed by atoms with E-state index in [0.29, 0.717) is 10.2 Å². The summed E-state index contributed by atoms with van der Waals surface area (Å²) in [5, 5.41) is -0.158. The molecular weight excluding hydrogens is 385 g/mol. The molecule has 0 aliphatic heterocycles. The maximum absolute atomic E-state index is 13.4. The van der Waals surface area contributed by atoms with Crippen molar-refractivity contribution in [2.75, 3.05) is 5.43 Å². The fourth-order valence-corrected chi connectivity index (χ4v) is 2.57. The topological polar surface area (TPSA) is 64.0 Å². The third-order valence-electron chi connectivity index (χ3n) is 3.77. The lowest BCUT2D eigenvalue weighted by atomic mass is 10.1. The molecule has 146 valence electrons. The van der Waals surface area contributed by atoms with Gasteiger partial charge < -0.3 is 0 Å². The molecule has 0 aliphatic carbocycles. The fraction of sp³-hybridized carbons (Fsp3) is 0.167. The van der Waals surface area contributed by atoms with Crippen LogP contribution in [0.1, 0.15) is 11.4 Å². The van der Waals surface area contributed by atoms with Gasteiger partial charge in [-0.2, -0.15) is 13.2 Å². The van der Waals surface area contributed by atoms with Gasteiger partial charge in [-0.1, -0.05) is 12.1 Å². The number of fused-ring (bicyclic) bond motifs is 1. The number of rotatable bonds is 4. The van der Waals surface area contributed by atoms with Crippen molar-refractivity contribution < 1.29 is 26.7 Å². The second-order valence-corrected chi connectivity index (χ2v) is 5.96. The molecule has 0 aliphatic rings. The van der Waals surface area contributed by atoms with Crippen LogP contribution in [0.5, 0.6) is 0 Å². The number of carbonyl (C=O) groups is 1. The van der Waals surface area contributed by atoms with Gasteiger partial charge in [0.05, 0.1) is 17.3 Å². The van der Waals surface area contributed by atoms with Crippen LogP contribution in [-0.4, -0.2) is 21.7 Å². The summed E-state index contributed by atoms with van der Waals surface area (Å²) in [7, 11) is 0. The molecule has 1 amide bonds. The van der Waals surface area contributed by atoms with Gasteiger partial charge in [-0.15, -0.1) is 0 Å². The van der Waals surface area contributed by atoms with Crippen molar-refractivity contribution in [3.05, 3.63) is 75.8 Å². The van der Waals surface area contributed by atoms with Gasteiger partial charge in [0.15, 0.2) is 0 Å². The molecule has 3 aromatic rings. The van der Waals surface area contributed by atoms with Crippen LogP contribution in [0, 0.1) is 11.6 Å². The van der Waals surface area contributed by atoms with Gasteiger partial charge in [-0.3, -0.25) is 15.0 Å². The zero-order chi connectivity index (χ0) is 20.5. The molecule has 0 radical (unpaired) electrons. The molecule has 1 heterocycles. The lowest BCUT2D eigenvalue weighted by molar-refractivity contribution is -0.129. The first-order chi connectivity index (χ1) is 13.1. The largest absolute Gasteiger partial charge is 0.396 e. The van der Waals surface area contributed by atoms with Gasteiger partial charge in [0.1, 0.15) is 23.9 Å². The Hall–Kier alpha value is -3.30. The van der Waals surface area contributed by atoms with E-state index < -0.39 is 41.5 Å². The van der Waals surface area contributed by atoms with Gasteiger partial charge in [0.2, 0.25) is 5.91 Å².